The molecule has 148 valence electrons. The summed E-state index contributed by atoms with van der Waals surface area (Å²) in [5.41, 5.74) is 1.19. The number of pyridine rings is 1. The van der Waals surface area contributed by atoms with E-state index in [1.807, 2.05) is 12.1 Å². The number of carbonyl (C=O) groups is 1. The normalized spacial score (nSPS) is 17.6. The first-order chi connectivity index (χ1) is 12.3. The van der Waals surface area contributed by atoms with Gasteiger partial charge in [-0.15, -0.1) is 12.4 Å². The Labute approximate surface area is 165 Å². The highest BCUT2D eigenvalue weighted by Gasteiger charge is 2.32. The topological polar surface area (TPSA) is 95.8 Å². The van der Waals surface area contributed by atoms with Crippen molar-refractivity contribution in [1.29, 1.82) is 0 Å². The Balaban J connectivity index is 0.00000261. The fraction of sp³-hybridized carbons (Fsp3) is 0.412. The molecule has 2 aromatic rings. The molecule has 0 aliphatic carbocycles. The average Bonchev–Trinajstić information content (AvgIpc) is 3.04. The van der Waals surface area contributed by atoms with Gasteiger partial charge in [0.15, 0.2) is 0 Å². The minimum atomic E-state index is -3.73. The maximum Gasteiger partial charge on any atom is 0.275 e. The van der Waals surface area contributed by atoms with Gasteiger partial charge in [0.1, 0.15) is 5.76 Å². The van der Waals surface area contributed by atoms with Crippen molar-refractivity contribution >= 4 is 28.3 Å². The number of halogens is 1. The fourth-order valence-corrected chi connectivity index (χ4v) is 3.80. The van der Waals surface area contributed by atoms with E-state index < -0.39 is 10.0 Å². The maximum absolute atomic E-state index is 13.1. The van der Waals surface area contributed by atoms with E-state index in [4.69, 9.17) is 4.42 Å². The Kier molecular flexibility index (Phi) is 6.63. The van der Waals surface area contributed by atoms with E-state index in [1.54, 1.807) is 24.2 Å². The zero-order valence-electron chi connectivity index (χ0n) is 15.4. The van der Waals surface area contributed by atoms with Crippen LogP contribution in [0.5, 0.6) is 0 Å². The van der Waals surface area contributed by atoms with Crippen LogP contribution in [0.3, 0.4) is 0 Å². The molecule has 1 N–H and O–H groups in total. The SMILES string of the molecule is Cc1oc(S(=O)(=O)N(C)C)cc1C(=O)N1CCNCC1c1cccnc1.Cl. The molecule has 3 rings (SSSR count). The van der Waals surface area contributed by atoms with Gasteiger partial charge in [0.2, 0.25) is 5.09 Å². The third-order valence-electron chi connectivity index (χ3n) is 4.43. The standard InChI is InChI=1S/C17H22N4O4S.ClH/c1-12-14(9-16(25-12)26(23,24)20(2)3)17(22)21-8-7-19-11-15(21)13-5-4-6-18-10-13;/h4-6,9-10,15,19H,7-8,11H2,1-3H3;1H. The van der Waals surface area contributed by atoms with Crippen molar-refractivity contribution in [3.05, 3.63) is 47.5 Å². The third-order valence-corrected chi connectivity index (χ3v) is 6.11. The van der Waals surface area contributed by atoms with Crippen LogP contribution >= 0.6 is 12.4 Å². The average molecular weight is 415 g/mol. The zero-order chi connectivity index (χ0) is 18.9. The summed E-state index contributed by atoms with van der Waals surface area (Å²) in [6, 6.07) is 4.90. The third kappa shape index (κ3) is 4.16. The van der Waals surface area contributed by atoms with Gasteiger partial charge in [0.05, 0.1) is 11.6 Å². The van der Waals surface area contributed by atoms with E-state index in [1.165, 1.54) is 20.2 Å². The lowest BCUT2D eigenvalue weighted by Crippen LogP contribution is -2.48. The molecule has 1 fully saturated rings. The van der Waals surface area contributed by atoms with Crippen LogP contribution in [-0.2, 0) is 10.0 Å². The Morgan fingerprint density at radius 3 is 2.78 bits per heavy atom. The second kappa shape index (κ2) is 8.39. The first kappa shape index (κ1) is 21.4. The van der Waals surface area contributed by atoms with Crippen LogP contribution < -0.4 is 5.32 Å². The summed E-state index contributed by atoms with van der Waals surface area (Å²) in [5, 5.41) is 3.06. The van der Waals surface area contributed by atoms with Crippen molar-refractivity contribution in [3.63, 3.8) is 0 Å². The van der Waals surface area contributed by atoms with Gasteiger partial charge in [-0.25, -0.2) is 12.7 Å². The van der Waals surface area contributed by atoms with Gasteiger partial charge in [0.25, 0.3) is 15.9 Å². The number of rotatable bonds is 4. The van der Waals surface area contributed by atoms with Crippen LogP contribution in [-0.4, -0.2) is 62.2 Å². The maximum atomic E-state index is 13.1. The van der Waals surface area contributed by atoms with Crippen molar-refractivity contribution in [2.75, 3.05) is 33.7 Å². The van der Waals surface area contributed by atoms with E-state index in [0.29, 0.717) is 25.4 Å². The van der Waals surface area contributed by atoms with Gasteiger partial charge in [-0.3, -0.25) is 9.78 Å². The number of furan rings is 1. The van der Waals surface area contributed by atoms with Gasteiger partial charge in [-0.05, 0) is 18.6 Å². The molecule has 1 aliphatic rings. The summed E-state index contributed by atoms with van der Waals surface area (Å²) in [6.45, 7) is 3.39. The smallest absolute Gasteiger partial charge is 0.275 e. The van der Waals surface area contributed by atoms with Gasteiger partial charge in [-0.2, -0.15) is 0 Å². The van der Waals surface area contributed by atoms with E-state index in [9.17, 15) is 13.2 Å². The molecule has 1 unspecified atom stereocenters. The largest absolute Gasteiger partial charge is 0.448 e. The highest BCUT2D eigenvalue weighted by Crippen LogP contribution is 2.27. The summed E-state index contributed by atoms with van der Waals surface area (Å²) < 4.78 is 31.0. The number of nitrogens with zero attached hydrogens (tertiary/aromatic N) is 3. The second-order valence-electron chi connectivity index (χ2n) is 6.33. The summed E-state index contributed by atoms with van der Waals surface area (Å²) in [7, 11) is -0.895. The molecule has 1 atom stereocenters. The number of nitrogens with one attached hydrogen (secondary N) is 1. The molecule has 1 aliphatic heterocycles. The van der Waals surface area contributed by atoms with Gasteiger partial charge in [0, 0.05) is 52.2 Å². The molecule has 1 amide bonds. The highest BCUT2D eigenvalue weighted by atomic mass is 35.5. The number of sulfonamides is 1. The van der Waals surface area contributed by atoms with E-state index in [0.717, 1.165) is 9.87 Å². The molecule has 2 aromatic heterocycles. The lowest BCUT2D eigenvalue weighted by atomic mass is 10.0. The predicted octanol–water partition coefficient (Wildman–Crippen LogP) is 1.44. The number of hydrogen-bond donors (Lipinski definition) is 1. The van der Waals surface area contributed by atoms with Gasteiger partial charge >= 0.3 is 0 Å². The van der Waals surface area contributed by atoms with Crippen LogP contribution in [0.1, 0.15) is 27.7 Å². The molecule has 0 bridgehead atoms. The van der Waals surface area contributed by atoms with Crippen LogP contribution in [0.25, 0.3) is 0 Å². The van der Waals surface area contributed by atoms with E-state index >= 15 is 0 Å². The van der Waals surface area contributed by atoms with Crippen molar-refractivity contribution in [3.8, 4) is 0 Å². The summed E-state index contributed by atoms with van der Waals surface area (Å²) in [5.74, 6) is 0.0423. The highest BCUT2D eigenvalue weighted by molar-refractivity contribution is 7.88. The molecule has 8 nitrogen and oxygen atoms in total. The first-order valence-corrected chi connectivity index (χ1v) is 9.71. The van der Waals surface area contributed by atoms with Crippen LogP contribution in [0.2, 0.25) is 0 Å². The number of piperazine rings is 1. The Morgan fingerprint density at radius 2 is 2.15 bits per heavy atom. The zero-order valence-corrected chi connectivity index (χ0v) is 17.0. The lowest BCUT2D eigenvalue weighted by Gasteiger charge is -2.36. The molecule has 0 spiro atoms. The summed E-state index contributed by atoms with van der Waals surface area (Å²) in [4.78, 5) is 19.0. The van der Waals surface area contributed by atoms with E-state index in [-0.39, 0.29) is 35.0 Å². The van der Waals surface area contributed by atoms with Crippen LogP contribution in [0.4, 0.5) is 0 Å². The summed E-state index contributed by atoms with van der Waals surface area (Å²) in [6.07, 6.45) is 3.42. The minimum Gasteiger partial charge on any atom is -0.448 e. The molecular formula is C17H23ClN4O4S. The monoisotopic (exact) mass is 414 g/mol. The van der Waals surface area contributed by atoms with Crippen LogP contribution in [0, 0.1) is 6.92 Å². The summed E-state index contributed by atoms with van der Waals surface area (Å²) >= 11 is 0. The Hall–Kier alpha value is -1.94. The van der Waals surface area contributed by atoms with Crippen molar-refractivity contribution in [2.45, 2.75) is 18.1 Å². The van der Waals surface area contributed by atoms with Crippen molar-refractivity contribution in [2.24, 2.45) is 0 Å². The quantitative estimate of drug-likeness (QED) is 0.813. The van der Waals surface area contributed by atoms with Gasteiger partial charge in [-0.1, -0.05) is 6.07 Å². The second-order valence-corrected chi connectivity index (χ2v) is 8.41. The Bertz CT molecular complexity index is 899. The Morgan fingerprint density at radius 1 is 1.41 bits per heavy atom. The molecule has 0 radical (unpaired) electrons. The molecule has 27 heavy (non-hydrogen) atoms. The molecule has 10 heteroatoms. The van der Waals surface area contributed by atoms with Crippen molar-refractivity contribution < 1.29 is 17.6 Å². The number of aromatic nitrogens is 1. The number of aryl methyl sites for hydroxylation is 1. The number of amides is 1. The first-order valence-electron chi connectivity index (χ1n) is 8.27. The van der Waals surface area contributed by atoms with Crippen molar-refractivity contribution in [1.82, 2.24) is 19.5 Å². The lowest BCUT2D eigenvalue weighted by molar-refractivity contribution is 0.0632. The van der Waals surface area contributed by atoms with Gasteiger partial charge < -0.3 is 14.6 Å². The molecular weight excluding hydrogens is 392 g/mol. The molecule has 0 saturated carbocycles. The van der Waals surface area contributed by atoms with E-state index in [2.05, 4.69) is 10.3 Å². The van der Waals surface area contributed by atoms with Crippen LogP contribution in [0.15, 0.2) is 40.1 Å². The molecule has 1 saturated heterocycles. The molecule has 3 heterocycles. The number of hydrogen-bond acceptors (Lipinski definition) is 6. The predicted molar refractivity (Wildman–Crippen MR) is 102 cm³/mol. The number of carbonyl (C=O) groups excluding carboxylic acids is 1. The minimum absolute atomic E-state index is 0. The molecule has 0 aromatic carbocycles. The fourth-order valence-electron chi connectivity index (χ4n) is 2.95.